The Morgan fingerprint density at radius 3 is 2.45 bits per heavy atom. The molecule has 0 aliphatic carbocycles. The Hall–Kier alpha value is -0.440. The van der Waals surface area contributed by atoms with Gasteiger partial charge in [-0.2, -0.15) is 0 Å². The summed E-state index contributed by atoms with van der Waals surface area (Å²) in [5.41, 5.74) is 0. The highest BCUT2D eigenvalue weighted by Gasteiger charge is 2.31. The fourth-order valence-corrected chi connectivity index (χ4v) is 1.14. The highest BCUT2D eigenvalue weighted by atomic mass is 19.3. The average molecular weight is 161 g/mol. The highest BCUT2D eigenvalue weighted by Crippen LogP contribution is 2.21. The van der Waals surface area contributed by atoms with E-state index in [2.05, 4.69) is 0 Å². The molecule has 64 valence electrons. The average Bonchev–Trinajstić information content (AvgIpc) is 1.85. The molecule has 0 bridgehead atoms. The maximum atomic E-state index is 12.7. The zero-order valence-electron chi connectivity index (χ0n) is 6.85. The summed E-state index contributed by atoms with van der Waals surface area (Å²) >= 11 is 0. The Morgan fingerprint density at radius 1 is 1.45 bits per heavy atom. The van der Waals surface area contributed by atoms with Gasteiger partial charge >= 0.3 is 0 Å². The second-order valence-corrected chi connectivity index (χ2v) is 3.19. The second-order valence-electron chi connectivity index (χ2n) is 3.19. The van der Waals surface area contributed by atoms with Crippen molar-refractivity contribution in [2.75, 3.05) is 13.1 Å². The summed E-state index contributed by atoms with van der Waals surface area (Å²) in [6.45, 7) is 4.36. The normalized spacial score (nSPS) is 24.5. The van der Waals surface area contributed by atoms with Crippen LogP contribution in [-0.4, -0.2) is 30.0 Å². The molecular formula is C8H13F2N. The van der Waals surface area contributed by atoms with E-state index in [-0.39, 0.29) is 12.6 Å². The maximum Gasteiger partial charge on any atom is 0.278 e. The lowest BCUT2D eigenvalue weighted by molar-refractivity contribution is -0.000669. The van der Waals surface area contributed by atoms with Crippen molar-refractivity contribution < 1.29 is 8.78 Å². The molecule has 0 spiro atoms. The third-order valence-corrected chi connectivity index (χ3v) is 1.85. The van der Waals surface area contributed by atoms with Crippen molar-refractivity contribution in [2.24, 2.45) is 0 Å². The lowest BCUT2D eigenvalue weighted by Gasteiger charge is -2.31. The van der Waals surface area contributed by atoms with Gasteiger partial charge in [-0.05, 0) is 19.9 Å². The highest BCUT2D eigenvalue weighted by molar-refractivity contribution is 5.03. The molecule has 0 unspecified atom stereocenters. The molecule has 0 radical (unpaired) electrons. The van der Waals surface area contributed by atoms with Crippen LogP contribution in [0.5, 0.6) is 0 Å². The van der Waals surface area contributed by atoms with Gasteiger partial charge in [0.1, 0.15) is 0 Å². The molecule has 1 aliphatic rings. The topological polar surface area (TPSA) is 3.24 Å². The molecule has 11 heavy (non-hydrogen) atoms. The van der Waals surface area contributed by atoms with Gasteiger partial charge in [-0.15, -0.1) is 0 Å². The van der Waals surface area contributed by atoms with Crippen LogP contribution < -0.4 is 0 Å². The third-order valence-electron chi connectivity index (χ3n) is 1.85. The fraction of sp³-hybridized carbons (Fsp3) is 0.750. The van der Waals surface area contributed by atoms with Crippen LogP contribution in [0.1, 0.15) is 13.8 Å². The summed E-state index contributed by atoms with van der Waals surface area (Å²) in [6, 6.07) is 0.200. The van der Waals surface area contributed by atoms with E-state index in [0.717, 1.165) is 6.08 Å². The standard InChI is InChI=1S/C8H13F2N/c1-7(2)11-5-3-4-8(9,10)6-11/h3-4,7H,5-6H2,1-2H3. The summed E-state index contributed by atoms with van der Waals surface area (Å²) in [5.74, 6) is -2.62. The van der Waals surface area contributed by atoms with Crippen molar-refractivity contribution in [1.82, 2.24) is 4.90 Å². The molecule has 0 amide bonds. The smallest absolute Gasteiger partial charge is 0.278 e. The van der Waals surface area contributed by atoms with E-state index in [1.807, 2.05) is 13.8 Å². The lowest BCUT2D eigenvalue weighted by Crippen LogP contribution is -2.42. The molecule has 0 saturated heterocycles. The van der Waals surface area contributed by atoms with Gasteiger partial charge in [0.05, 0.1) is 6.54 Å². The van der Waals surface area contributed by atoms with Gasteiger partial charge in [-0.3, -0.25) is 4.90 Å². The first-order valence-corrected chi connectivity index (χ1v) is 3.81. The van der Waals surface area contributed by atoms with Crippen LogP contribution in [0.15, 0.2) is 12.2 Å². The van der Waals surface area contributed by atoms with Gasteiger partial charge in [0.2, 0.25) is 0 Å². The Morgan fingerprint density at radius 2 is 2.09 bits per heavy atom. The van der Waals surface area contributed by atoms with Gasteiger partial charge in [0, 0.05) is 12.6 Å². The molecule has 0 aromatic heterocycles. The molecule has 0 saturated carbocycles. The van der Waals surface area contributed by atoms with E-state index < -0.39 is 5.92 Å². The first kappa shape index (κ1) is 8.65. The van der Waals surface area contributed by atoms with Crippen molar-refractivity contribution in [2.45, 2.75) is 25.8 Å². The van der Waals surface area contributed by atoms with Gasteiger partial charge in [-0.25, -0.2) is 8.78 Å². The van der Waals surface area contributed by atoms with Crippen LogP contribution in [0, 0.1) is 0 Å². The van der Waals surface area contributed by atoms with Gasteiger partial charge in [-0.1, -0.05) is 6.08 Å². The lowest BCUT2D eigenvalue weighted by atomic mass is 10.1. The molecule has 0 aromatic rings. The van der Waals surface area contributed by atoms with Crippen molar-refractivity contribution in [3.63, 3.8) is 0 Å². The van der Waals surface area contributed by atoms with E-state index in [1.54, 1.807) is 4.90 Å². The first-order valence-electron chi connectivity index (χ1n) is 3.81. The number of hydrogen-bond donors (Lipinski definition) is 0. The molecule has 0 N–H and O–H groups in total. The first-order chi connectivity index (χ1) is 5.01. The van der Waals surface area contributed by atoms with Crippen LogP contribution in [0.4, 0.5) is 8.78 Å². The molecule has 1 heterocycles. The van der Waals surface area contributed by atoms with Crippen LogP contribution in [0.2, 0.25) is 0 Å². The monoisotopic (exact) mass is 161 g/mol. The predicted octanol–water partition coefficient (Wildman–Crippen LogP) is 1.90. The van der Waals surface area contributed by atoms with Crippen molar-refractivity contribution in [1.29, 1.82) is 0 Å². The summed E-state index contributed by atoms with van der Waals surface area (Å²) in [7, 11) is 0. The zero-order valence-corrected chi connectivity index (χ0v) is 6.85. The molecule has 3 heteroatoms. The molecule has 1 aliphatic heterocycles. The minimum atomic E-state index is -2.62. The quantitative estimate of drug-likeness (QED) is 0.531. The Kier molecular flexibility index (Phi) is 2.28. The van der Waals surface area contributed by atoms with Gasteiger partial charge < -0.3 is 0 Å². The Bertz CT molecular complexity index is 163. The van der Waals surface area contributed by atoms with Gasteiger partial charge in [0.15, 0.2) is 0 Å². The summed E-state index contributed by atoms with van der Waals surface area (Å²) in [4.78, 5) is 1.75. The van der Waals surface area contributed by atoms with E-state index in [9.17, 15) is 8.78 Å². The molecule has 1 nitrogen and oxygen atoms in total. The fourth-order valence-electron chi connectivity index (χ4n) is 1.14. The van der Waals surface area contributed by atoms with E-state index in [4.69, 9.17) is 0 Å². The summed E-state index contributed by atoms with van der Waals surface area (Å²) in [5, 5.41) is 0. The van der Waals surface area contributed by atoms with Crippen LogP contribution in [0.3, 0.4) is 0 Å². The van der Waals surface area contributed by atoms with Crippen LogP contribution >= 0.6 is 0 Å². The van der Waals surface area contributed by atoms with Gasteiger partial charge in [0.25, 0.3) is 5.92 Å². The van der Waals surface area contributed by atoms with Crippen molar-refractivity contribution in [3.05, 3.63) is 12.2 Å². The Labute approximate surface area is 65.7 Å². The van der Waals surface area contributed by atoms with E-state index in [1.165, 1.54) is 6.08 Å². The number of alkyl halides is 2. The molecular weight excluding hydrogens is 148 g/mol. The Balaban J connectivity index is 2.59. The third kappa shape index (κ3) is 2.26. The van der Waals surface area contributed by atoms with E-state index >= 15 is 0 Å². The summed E-state index contributed by atoms with van der Waals surface area (Å²) in [6.07, 6.45) is 2.52. The number of rotatable bonds is 1. The predicted molar refractivity (Wildman–Crippen MR) is 40.8 cm³/mol. The number of halogens is 2. The van der Waals surface area contributed by atoms with Crippen LogP contribution in [0.25, 0.3) is 0 Å². The SMILES string of the molecule is CC(C)N1CC=CC(F)(F)C1. The van der Waals surface area contributed by atoms with Crippen LogP contribution in [-0.2, 0) is 0 Å². The van der Waals surface area contributed by atoms with Crippen molar-refractivity contribution >= 4 is 0 Å². The molecule has 0 atom stereocenters. The molecule has 0 aromatic carbocycles. The minimum Gasteiger partial charge on any atom is -0.291 e. The molecule has 1 rings (SSSR count). The second kappa shape index (κ2) is 2.89. The number of hydrogen-bond acceptors (Lipinski definition) is 1. The van der Waals surface area contributed by atoms with E-state index in [0.29, 0.717) is 6.54 Å². The number of nitrogens with zero attached hydrogens (tertiary/aromatic N) is 1. The molecule has 0 fully saturated rings. The largest absolute Gasteiger partial charge is 0.291 e. The van der Waals surface area contributed by atoms with Crippen molar-refractivity contribution in [3.8, 4) is 0 Å². The maximum absolute atomic E-state index is 12.7. The summed E-state index contributed by atoms with van der Waals surface area (Å²) < 4.78 is 25.4. The minimum absolute atomic E-state index is 0.138. The zero-order chi connectivity index (χ0) is 8.48.